The van der Waals surface area contributed by atoms with Crippen molar-refractivity contribution in [2.75, 3.05) is 40.3 Å². The van der Waals surface area contributed by atoms with Crippen LogP contribution >= 0.6 is 0 Å². The van der Waals surface area contributed by atoms with Gasteiger partial charge in [0.2, 0.25) is 5.75 Å². The van der Waals surface area contributed by atoms with Gasteiger partial charge in [-0.05, 0) is 24.1 Å². The quantitative estimate of drug-likeness (QED) is 0.672. The number of anilines is 1. The third-order valence-corrected chi connectivity index (χ3v) is 3.99. The van der Waals surface area contributed by atoms with Crippen molar-refractivity contribution in [1.29, 1.82) is 0 Å². The highest BCUT2D eigenvalue weighted by atomic mass is 16.5. The zero-order valence-corrected chi connectivity index (χ0v) is 16.3. The first-order valence-electron chi connectivity index (χ1n) is 8.54. The number of amides is 2. The molecule has 0 aliphatic carbocycles. The van der Waals surface area contributed by atoms with Crippen LogP contribution in [0.25, 0.3) is 0 Å². The molecule has 0 radical (unpaired) electrons. The van der Waals surface area contributed by atoms with E-state index in [0.717, 1.165) is 11.3 Å². The highest BCUT2D eigenvalue weighted by Crippen LogP contribution is 2.39. The summed E-state index contributed by atoms with van der Waals surface area (Å²) in [7, 11) is 6.01. The molecular weight excluding hydrogens is 364 g/mol. The zero-order chi connectivity index (χ0) is 20.5. The van der Waals surface area contributed by atoms with Crippen molar-refractivity contribution in [2.45, 2.75) is 6.42 Å². The predicted octanol–water partition coefficient (Wildman–Crippen LogP) is 2.02. The Morgan fingerprint density at radius 3 is 1.93 bits per heavy atom. The lowest BCUT2D eigenvalue weighted by Gasteiger charge is -2.14. The molecule has 0 spiro atoms. The van der Waals surface area contributed by atoms with Crippen LogP contribution in [-0.2, 0) is 16.0 Å². The summed E-state index contributed by atoms with van der Waals surface area (Å²) in [5.41, 5.74) is 1.37. The summed E-state index contributed by atoms with van der Waals surface area (Å²) in [6.07, 6.45) is 0.590. The monoisotopic (exact) mass is 388 g/mol. The second-order valence-electron chi connectivity index (χ2n) is 5.72. The standard InChI is InChI=1S/C20H24N2O6/c1-25-15-7-5-13(6-8-15)9-10-21-19(23)20(24)22-14-11-16(26-2)18(28-4)17(12-14)27-3/h5-8,11-12H,9-10H2,1-4H3,(H,21,23)(H,22,24). The topological polar surface area (TPSA) is 95.1 Å². The fraction of sp³-hybridized carbons (Fsp3) is 0.300. The SMILES string of the molecule is COc1ccc(CCNC(=O)C(=O)Nc2cc(OC)c(OC)c(OC)c2)cc1. The van der Waals surface area contributed by atoms with E-state index in [2.05, 4.69) is 10.6 Å². The van der Waals surface area contributed by atoms with Gasteiger partial charge in [0.05, 0.1) is 28.4 Å². The number of benzene rings is 2. The van der Waals surface area contributed by atoms with Crippen molar-refractivity contribution in [1.82, 2.24) is 5.32 Å². The maximum absolute atomic E-state index is 12.1. The first-order chi connectivity index (χ1) is 13.5. The summed E-state index contributed by atoms with van der Waals surface area (Å²) in [6.45, 7) is 0.327. The number of hydrogen-bond acceptors (Lipinski definition) is 6. The highest BCUT2D eigenvalue weighted by Gasteiger charge is 2.17. The van der Waals surface area contributed by atoms with E-state index in [0.29, 0.717) is 35.9 Å². The molecule has 0 saturated carbocycles. The van der Waals surface area contributed by atoms with Crippen LogP contribution in [-0.4, -0.2) is 46.8 Å². The smallest absolute Gasteiger partial charge is 0.313 e. The number of carbonyl (C=O) groups is 2. The average molecular weight is 388 g/mol. The van der Waals surface area contributed by atoms with Crippen molar-refractivity contribution in [3.63, 3.8) is 0 Å². The van der Waals surface area contributed by atoms with E-state index in [1.165, 1.54) is 21.3 Å². The van der Waals surface area contributed by atoms with Crippen molar-refractivity contribution in [3.05, 3.63) is 42.0 Å². The Morgan fingerprint density at radius 2 is 1.43 bits per heavy atom. The van der Waals surface area contributed by atoms with E-state index in [1.807, 2.05) is 24.3 Å². The maximum atomic E-state index is 12.1. The molecule has 0 saturated heterocycles. The van der Waals surface area contributed by atoms with Gasteiger partial charge in [-0.3, -0.25) is 9.59 Å². The van der Waals surface area contributed by atoms with Crippen molar-refractivity contribution < 1.29 is 28.5 Å². The van der Waals surface area contributed by atoms with Crippen molar-refractivity contribution >= 4 is 17.5 Å². The van der Waals surface area contributed by atoms with Gasteiger partial charge in [0.25, 0.3) is 0 Å². The number of carbonyl (C=O) groups excluding carboxylic acids is 2. The van der Waals surface area contributed by atoms with Crippen LogP contribution in [0, 0.1) is 0 Å². The molecule has 2 aromatic carbocycles. The molecule has 0 aliphatic heterocycles. The van der Waals surface area contributed by atoms with Gasteiger partial charge < -0.3 is 29.6 Å². The van der Waals surface area contributed by atoms with Crippen molar-refractivity contribution in [3.8, 4) is 23.0 Å². The molecule has 0 heterocycles. The fourth-order valence-electron chi connectivity index (χ4n) is 2.53. The second kappa shape index (κ2) is 10.1. The molecule has 28 heavy (non-hydrogen) atoms. The Kier molecular flexibility index (Phi) is 7.50. The molecule has 0 unspecified atom stereocenters. The first kappa shape index (κ1) is 20.9. The molecule has 2 rings (SSSR count). The van der Waals surface area contributed by atoms with E-state index in [4.69, 9.17) is 18.9 Å². The zero-order valence-electron chi connectivity index (χ0n) is 16.3. The Hall–Kier alpha value is -3.42. The van der Waals surface area contributed by atoms with Gasteiger partial charge in [0.1, 0.15) is 5.75 Å². The lowest BCUT2D eigenvalue weighted by atomic mass is 10.1. The van der Waals surface area contributed by atoms with Gasteiger partial charge >= 0.3 is 11.8 Å². The maximum Gasteiger partial charge on any atom is 0.313 e. The summed E-state index contributed by atoms with van der Waals surface area (Å²) in [6, 6.07) is 10.6. The minimum absolute atomic E-state index is 0.327. The van der Waals surface area contributed by atoms with Gasteiger partial charge in [0.15, 0.2) is 11.5 Å². The van der Waals surface area contributed by atoms with Gasteiger partial charge in [-0.1, -0.05) is 12.1 Å². The van der Waals surface area contributed by atoms with Crippen LogP contribution in [0.3, 0.4) is 0 Å². The largest absolute Gasteiger partial charge is 0.497 e. The molecule has 8 nitrogen and oxygen atoms in total. The normalized spacial score (nSPS) is 10.0. The minimum atomic E-state index is -0.788. The number of hydrogen-bond donors (Lipinski definition) is 2. The average Bonchev–Trinajstić information content (AvgIpc) is 2.73. The highest BCUT2D eigenvalue weighted by molar-refractivity contribution is 6.39. The molecule has 2 aromatic rings. The van der Waals surface area contributed by atoms with Gasteiger partial charge in [-0.15, -0.1) is 0 Å². The molecule has 8 heteroatoms. The molecule has 0 aliphatic rings. The molecule has 0 bridgehead atoms. The van der Waals surface area contributed by atoms with E-state index < -0.39 is 11.8 Å². The van der Waals surface area contributed by atoms with E-state index in [1.54, 1.807) is 19.2 Å². The Balaban J connectivity index is 1.93. The van der Waals surface area contributed by atoms with Crippen molar-refractivity contribution in [2.24, 2.45) is 0 Å². The molecule has 2 N–H and O–H groups in total. The molecule has 0 aromatic heterocycles. The predicted molar refractivity (Wildman–Crippen MR) is 104 cm³/mol. The lowest BCUT2D eigenvalue weighted by molar-refractivity contribution is -0.136. The third kappa shape index (κ3) is 5.29. The summed E-state index contributed by atoms with van der Waals surface area (Å²) in [4.78, 5) is 24.2. The number of methoxy groups -OCH3 is 4. The van der Waals surface area contributed by atoms with E-state index in [-0.39, 0.29) is 0 Å². The first-order valence-corrected chi connectivity index (χ1v) is 8.54. The molecule has 150 valence electrons. The summed E-state index contributed by atoms with van der Waals surface area (Å²) in [5.74, 6) is 0.379. The Labute approximate surface area is 163 Å². The second-order valence-corrected chi connectivity index (χ2v) is 5.72. The number of nitrogens with one attached hydrogen (secondary N) is 2. The molecule has 0 fully saturated rings. The summed E-state index contributed by atoms with van der Waals surface area (Å²) < 4.78 is 20.8. The minimum Gasteiger partial charge on any atom is -0.497 e. The van der Waals surface area contributed by atoms with Crippen LogP contribution in [0.1, 0.15) is 5.56 Å². The van der Waals surface area contributed by atoms with Crippen LogP contribution in [0.2, 0.25) is 0 Å². The van der Waals surface area contributed by atoms with Crippen LogP contribution in [0.4, 0.5) is 5.69 Å². The molecule has 0 atom stereocenters. The fourth-order valence-corrected chi connectivity index (χ4v) is 2.53. The Bertz CT molecular complexity index is 795. The molecule has 2 amide bonds. The summed E-state index contributed by atoms with van der Waals surface area (Å²) in [5, 5.41) is 5.11. The number of rotatable bonds is 8. The Morgan fingerprint density at radius 1 is 0.821 bits per heavy atom. The molecular formula is C20H24N2O6. The van der Waals surface area contributed by atoms with Crippen LogP contribution in [0.15, 0.2) is 36.4 Å². The van der Waals surface area contributed by atoms with E-state index in [9.17, 15) is 9.59 Å². The summed E-state index contributed by atoms with van der Waals surface area (Å²) >= 11 is 0. The van der Waals surface area contributed by atoms with Crippen LogP contribution < -0.4 is 29.6 Å². The van der Waals surface area contributed by atoms with E-state index >= 15 is 0 Å². The van der Waals surface area contributed by atoms with Gasteiger partial charge in [0, 0.05) is 24.4 Å². The number of ether oxygens (including phenoxy) is 4. The van der Waals surface area contributed by atoms with Gasteiger partial charge in [-0.2, -0.15) is 0 Å². The lowest BCUT2D eigenvalue weighted by Crippen LogP contribution is -2.36. The van der Waals surface area contributed by atoms with Gasteiger partial charge in [-0.25, -0.2) is 0 Å². The third-order valence-electron chi connectivity index (χ3n) is 3.99. The van der Waals surface area contributed by atoms with Crippen LogP contribution in [0.5, 0.6) is 23.0 Å².